The lowest BCUT2D eigenvalue weighted by Crippen LogP contribution is -2.42. The highest BCUT2D eigenvalue weighted by atomic mass is 35.5. The average Bonchev–Trinajstić information content (AvgIpc) is 2.58. The molecular formula is C20H22Cl2N2O2. The van der Waals surface area contributed by atoms with Gasteiger partial charge in [-0.15, -0.1) is 0 Å². The van der Waals surface area contributed by atoms with Gasteiger partial charge in [0.1, 0.15) is 0 Å². The van der Waals surface area contributed by atoms with Crippen molar-refractivity contribution >= 4 is 40.7 Å². The Hall–Kier alpha value is -2.04. The second-order valence-corrected chi connectivity index (χ2v) is 7.51. The summed E-state index contributed by atoms with van der Waals surface area (Å²) in [4.78, 5) is 24.5. The molecule has 6 heteroatoms. The lowest BCUT2D eigenvalue weighted by atomic mass is 10.0. The summed E-state index contributed by atoms with van der Waals surface area (Å²) in [5.74, 6) is -0.373. The quantitative estimate of drug-likeness (QED) is 0.718. The normalized spacial score (nSPS) is 11.1. The molecule has 0 fully saturated rings. The maximum Gasteiger partial charge on any atom is 0.251 e. The van der Waals surface area contributed by atoms with Gasteiger partial charge in [0.25, 0.3) is 5.91 Å². The van der Waals surface area contributed by atoms with Crippen molar-refractivity contribution in [2.45, 2.75) is 39.2 Å². The van der Waals surface area contributed by atoms with E-state index in [9.17, 15) is 9.59 Å². The number of carbonyl (C=O) groups excluding carboxylic acids is 2. The molecule has 0 aromatic heterocycles. The molecule has 0 heterocycles. The van der Waals surface area contributed by atoms with Crippen LogP contribution in [0.15, 0.2) is 42.5 Å². The van der Waals surface area contributed by atoms with Gasteiger partial charge in [-0.2, -0.15) is 0 Å². The van der Waals surface area contributed by atoms with Crippen LogP contribution in [0.1, 0.15) is 43.1 Å². The van der Waals surface area contributed by atoms with E-state index in [1.165, 1.54) is 0 Å². The summed E-state index contributed by atoms with van der Waals surface area (Å²) in [6.07, 6.45) is 0.906. The van der Waals surface area contributed by atoms with Gasteiger partial charge >= 0.3 is 0 Å². The number of benzene rings is 2. The zero-order chi connectivity index (χ0) is 19.3. The molecule has 2 rings (SSSR count). The molecule has 0 saturated heterocycles. The minimum atomic E-state index is -0.266. The molecule has 0 bridgehead atoms. The van der Waals surface area contributed by atoms with E-state index in [0.717, 1.165) is 6.42 Å². The zero-order valence-corrected chi connectivity index (χ0v) is 16.5. The first-order valence-corrected chi connectivity index (χ1v) is 9.13. The second-order valence-electron chi connectivity index (χ2n) is 6.69. The average molecular weight is 393 g/mol. The molecule has 0 aliphatic heterocycles. The maximum absolute atomic E-state index is 12.2. The molecule has 0 spiro atoms. The molecule has 0 aliphatic rings. The number of anilines is 1. The highest BCUT2D eigenvalue weighted by molar-refractivity contribution is 6.36. The van der Waals surface area contributed by atoms with E-state index in [0.29, 0.717) is 26.9 Å². The van der Waals surface area contributed by atoms with Crippen LogP contribution in [0, 0.1) is 0 Å². The van der Waals surface area contributed by atoms with E-state index in [1.54, 1.807) is 42.5 Å². The smallest absolute Gasteiger partial charge is 0.251 e. The second kappa shape index (κ2) is 8.56. The van der Waals surface area contributed by atoms with Crippen molar-refractivity contribution < 1.29 is 9.59 Å². The Labute approximate surface area is 163 Å². The summed E-state index contributed by atoms with van der Waals surface area (Å²) in [7, 11) is 0. The molecule has 2 amide bonds. The summed E-state index contributed by atoms with van der Waals surface area (Å²) in [5.41, 5.74) is 1.47. The predicted molar refractivity (Wildman–Crippen MR) is 107 cm³/mol. The van der Waals surface area contributed by atoms with Gasteiger partial charge in [-0.25, -0.2) is 0 Å². The fraction of sp³-hybridized carbons (Fsp3) is 0.300. The number of carbonyl (C=O) groups is 2. The van der Waals surface area contributed by atoms with Crippen molar-refractivity contribution in [3.8, 4) is 0 Å². The molecule has 138 valence electrons. The monoisotopic (exact) mass is 392 g/mol. The van der Waals surface area contributed by atoms with E-state index in [-0.39, 0.29) is 23.8 Å². The van der Waals surface area contributed by atoms with E-state index < -0.39 is 0 Å². The number of amides is 2. The number of nitrogens with one attached hydrogen (secondary N) is 2. The Balaban J connectivity index is 2.00. The Kier molecular flexibility index (Phi) is 6.68. The molecule has 2 N–H and O–H groups in total. The van der Waals surface area contributed by atoms with Crippen molar-refractivity contribution in [1.82, 2.24) is 5.32 Å². The molecule has 2 aromatic rings. The van der Waals surface area contributed by atoms with Crippen LogP contribution in [-0.4, -0.2) is 17.4 Å². The minimum absolute atomic E-state index is 0.0748. The fourth-order valence-corrected chi connectivity index (χ4v) is 2.77. The maximum atomic E-state index is 12.2. The Morgan fingerprint density at radius 2 is 1.58 bits per heavy atom. The van der Waals surface area contributed by atoms with Gasteiger partial charge in [0.15, 0.2) is 0 Å². The largest absolute Gasteiger partial charge is 0.347 e. The minimum Gasteiger partial charge on any atom is -0.347 e. The van der Waals surface area contributed by atoms with Gasteiger partial charge in [-0.1, -0.05) is 36.2 Å². The zero-order valence-electron chi connectivity index (χ0n) is 15.0. The third-order valence-electron chi connectivity index (χ3n) is 4.17. The molecular weight excluding hydrogens is 371 g/mol. The predicted octanol–water partition coefficient (Wildman–Crippen LogP) is 5.09. The van der Waals surface area contributed by atoms with Crippen molar-refractivity contribution in [3.05, 3.63) is 63.6 Å². The molecule has 0 radical (unpaired) electrons. The van der Waals surface area contributed by atoms with Gasteiger partial charge in [-0.3, -0.25) is 9.59 Å². The molecule has 0 aliphatic carbocycles. The molecule has 26 heavy (non-hydrogen) atoms. The third-order valence-corrected chi connectivity index (χ3v) is 4.87. The van der Waals surface area contributed by atoms with Crippen molar-refractivity contribution in [1.29, 1.82) is 0 Å². The lowest BCUT2D eigenvalue weighted by molar-refractivity contribution is -0.115. The first-order chi connectivity index (χ1) is 12.2. The van der Waals surface area contributed by atoms with Crippen LogP contribution in [0.25, 0.3) is 0 Å². The summed E-state index contributed by atoms with van der Waals surface area (Å²) in [6, 6.07) is 11.9. The van der Waals surface area contributed by atoms with E-state index >= 15 is 0 Å². The summed E-state index contributed by atoms with van der Waals surface area (Å²) < 4.78 is 0. The molecule has 4 nitrogen and oxygen atoms in total. The van der Waals surface area contributed by atoms with Crippen LogP contribution in [0.3, 0.4) is 0 Å². The topological polar surface area (TPSA) is 58.2 Å². The summed E-state index contributed by atoms with van der Waals surface area (Å²) in [6.45, 7) is 5.96. The van der Waals surface area contributed by atoms with Gasteiger partial charge in [0.05, 0.1) is 6.42 Å². The van der Waals surface area contributed by atoms with E-state index in [2.05, 4.69) is 10.6 Å². The van der Waals surface area contributed by atoms with Crippen LogP contribution in [-0.2, 0) is 11.2 Å². The molecule has 2 aromatic carbocycles. The number of rotatable bonds is 6. The van der Waals surface area contributed by atoms with Crippen molar-refractivity contribution in [2.75, 3.05) is 5.32 Å². The summed E-state index contributed by atoms with van der Waals surface area (Å²) >= 11 is 12.2. The summed E-state index contributed by atoms with van der Waals surface area (Å²) in [5, 5.41) is 6.67. The van der Waals surface area contributed by atoms with Crippen LogP contribution in [0.4, 0.5) is 5.69 Å². The fourth-order valence-electron chi connectivity index (χ4n) is 2.24. The van der Waals surface area contributed by atoms with Crippen LogP contribution < -0.4 is 10.6 Å². The van der Waals surface area contributed by atoms with E-state index in [1.807, 2.05) is 20.8 Å². The van der Waals surface area contributed by atoms with Crippen LogP contribution in [0.2, 0.25) is 10.0 Å². The first-order valence-electron chi connectivity index (χ1n) is 8.37. The number of hydrogen-bond donors (Lipinski definition) is 2. The SMILES string of the molecule is CCC(C)(C)NC(=O)c1ccc(NC(=O)Cc2c(Cl)cccc2Cl)cc1. The highest BCUT2D eigenvalue weighted by Gasteiger charge is 2.18. The Morgan fingerprint density at radius 1 is 1.00 bits per heavy atom. The number of halogens is 2. The first kappa shape index (κ1) is 20.3. The Bertz CT molecular complexity index is 782. The molecule has 0 saturated carbocycles. The van der Waals surface area contributed by atoms with Gasteiger partial charge in [0, 0.05) is 26.8 Å². The van der Waals surface area contributed by atoms with Crippen LogP contribution >= 0.6 is 23.2 Å². The van der Waals surface area contributed by atoms with Crippen molar-refractivity contribution in [2.24, 2.45) is 0 Å². The van der Waals surface area contributed by atoms with Gasteiger partial charge < -0.3 is 10.6 Å². The third kappa shape index (κ3) is 5.48. The Morgan fingerprint density at radius 3 is 2.12 bits per heavy atom. The van der Waals surface area contributed by atoms with Gasteiger partial charge in [0.2, 0.25) is 5.91 Å². The number of hydrogen-bond acceptors (Lipinski definition) is 2. The highest BCUT2D eigenvalue weighted by Crippen LogP contribution is 2.25. The molecule has 0 unspecified atom stereocenters. The van der Waals surface area contributed by atoms with Gasteiger partial charge in [-0.05, 0) is 62.2 Å². The van der Waals surface area contributed by atoms with Crippen LogP contribution in [0.5, 0.6) is 0 Å². The van der Waals surface area contributed by atoms with E-state index in [4.69, 9.17) is 23.2 Å². The molecule has 0 atom stereocenters. The lowest BCUT2D eigenvalue weighted by Gasteiger charge is -2.24. The van der Waals surface area contributed by atoms with Crippen molar-refractivity contribution in [3.63, 3.8) is 0 Å². The standard InChI is InChI=1S/C20H22Cl2N2O2/c1-4-20(2,3)24-19(26)13-8-10-14(11-9-13)23-18(25)12-15-16(21)6-5-7-17(15)22/h5-11H,4,12H2,1-3H3,(H,23,25)(H,24,26).